The number of nitrogens with two attached hydrogens (primary N) is 1. The van der Waals surface area contributed by atoms with Crippen molar-refractivity contribution >= 4 is 0 Å². The Balaban J connectivity index is 4.23. The number of aliphatic hydroxyl groups excluding tert-OH is 1. The fraction of sp³-hybridized carbons (Fsp3) is 1.00. The van der Waals surface area contributed by atoms with Gasteiger partial charge in [-0.15, -0.1) is 0 Å². The Morgan fingerprint density at radius 1 is 1.25 bits per heavy atom. The predicted octanol–water partition coefficient (Wildman–Crippen LogP) is 1.77. The van der Waals surface area contributed by atoms with Crippen LogP contribution in [0.3, 0.4) is 0 Å². The first-order chi connectivity index (χ1) is 5.49. The maximum absolute atomic E-state index is 9.96. The molecule has 74 valence electrons. The Labute approximate surface area is 76.2 Å². The molecule has 0 saturated heterocycles. The highest BCUT2D eigenvalue weighted by Crippen LogP contribution is 2.28. The predicted molar refractivity (Wildman–Crippen MR) is 52.9 cm³/mol. The van der Waals surface area contributed by atoms with Crippen molar-refractivity contribution in [1.82, 2.24) is 0 Å². The van der Waals surface area contributed by atoms with Crippen molar-refractivity contribution < 1.29 is 5.11 Å². The zero-order valence-electron chi connectivity index (χ0n) is 8.80. The lowest BCUT2D eigenvalue weighted by Gasteiger charge is -2.34. The number of aliphatic hydroxyl groups is 1. The Kier molecular flexibility index (Phi) is 4.80. The first kappa shape index (κ1) is 11.9. The molecule has 0 rings (SSSR count). The van der Waals surface area contributed by atoms with Crippen molar-refractivity contribution in [1.29, 1.82) is 0 Å². The lowest BCUT2D eigenvalue weighted by atomic mass is 9.77. The molecule has 12 heavy (non-hydrogen) atoms. The van der Waals surface area contributed by atoms with Crippen LogP contribution >= 0.6 is 0 Å². The maximum atomic E-state index is 9.96. The van der Waals surface area contributed by atoms with Crippen molar-refractivity contribution in [3.8, 4) is 0 Å². The second kappa shape index (κ2) is 4.83. The molecule has 0 aromatic carbocycles. The average Bonchev–Trinajstić information content (AvgIpc) is 2.06. The van der Waals surface area contributed by atoms with Crippen LogP contribution in [0.2, 0.25) is 0 Å². The third-order valence-electron chi connectivity index (χ3n) is 2.82. The van der Waals surface area contributed by atoms with Crippen molar-refractivity contribution in [2.45, 2.75) is 46.6 Å². The van der Waals surface area contributed by atoms with Crippen LogP contribution in [0.15, 0.2) is 0 Å². The van der Waals surface area contributed by atoms with Gasteiger partial charge in [-0.1, -0.05) is 40.5 Å². The van der Waals surface area contributed by atoms with E-state index >= 15 is 0 Å². The molecule has 0 aromatic heterocycles. The number of hydrogen-bond donors (Lipinski definition) is 2. The molecular weight excluding hydrogens is 150 g/mol. The lowest BCUT2D eigenvalue weighted by Crippen LogP contribution is -2.41. The molecule has 0 radical (unpaired) electrons. The molecule has 0 aliphatic heterocycles. The number of hydrogen-bond acceptors (Lipinski definition) is 2. The molecule has 1 atom stereocenters. The van der Waals surface area contributed by atoms with Gasteiger partial charge < -0.3 is 10.8 Å². The van der Waals surface area contributed by atoms with Gasteiger partial charge in [0, 0.05) is 5.41 Å². The van der Waals surface area contributed by atoms with Crippen LogP contribution < -0.4 is 5.73 Å². The lowest BCUT2D eigenvalue weighted by molar-refractivity contribution is 0.00335. The largest absolute Gasteiger partial charge is 0.392 e. The highest BCUT2D eigenvalue weighted by atomic mass is 16.3. The van der Waals surface area contributed by atoms with E-state index in [9.17, 15) is 5.11 Å². The molecule has 2 nitrogen and oxygen atoms in total. The van der Waals surface area contributed by atoms with Gasteiger partial charge in [-0.3, -0.25) is 0 Å². The summed E-state index contributed by atoms with van der Waals surface area (Å²) in [5.74, 6) is 0.392. The summed E-state index contributed by atoms with van der Waals surface area (Å²) in [5.41, 5.74) is 5.45. The van der Waals surface area contributed by atoms with Gasteiger partial charge in [0.2, 0.25) is 0 Å². The van der Waals surface area contributed by atoms with Crippen LogP contribution in [0.5, 0.6) is 0 Å². The third-order valence-corrected chi connectivity index (χ3v) is 2.82. The molecule has 0 heterocycles. The van der Waals surface area contributed by atoms with Gasteiger partial charge in [-0.2, -0.15) is 0 Å². The Morgan fingerprint density at radius 2 is 1.67 bits per heavy atom. The van der Waals surface area contributed by atoms with Gasteiger partial charge in [0.1, 0.15) is 0 Å². The van der Waals surface area contributed by atoms with E-state index in [1.807, 2.05) is 13.8 Å². The monoisotopic (exact) mass is 173 g/mol. The van der Waals surface area contributed by atoms with Crippen molar-refractivity contribution in [2.24, 2.45) is 17.1 Å². The van der Waals surface area contributed by atoms with E-state index in [2.05, 4.69) is 13.8 Å². The van der Waals surface area contributed by atoms with Gasteiger partial charge in [-0.25, -0.2) is 0 Å². The van der Waals surface area contributed by atoms with Crippen molar-refractivity contribution in [2.75, 3.05) is 6.54 Å². The summed E-state index contributed by atoms with van der Waals surface area (Å²) in [5, 5.41) is 9.96. The second-order valence-electron chi connectivity index (χ2n) is 4.21. The Hall–Kier alpha value is -0.0800. The fourth-order valence-electron chi connectivity index (χ4n) is 1.49. The summed E-state index contributed by atoms with van der Waals surface area (Å²) in [6.07, 6.45) is 1.79. The summed E-state index contributed by atoms with van der Waals surface area (Å²) >= 11 is 0. The van der Waals surface area contributed by atoms with Gasteiger partial charge in [0.05, 0.1) is 6.10 Å². The normalized spacial score (nSPS) is 15.2. The van der Waals surface area contributed by atoms with Crippen LogP contribution in [0.25, 0.3) is 0 Å². The van der Waals surface area contributed by atoms with E-state index < -0.39 is 0 Å². The molecule has 0 bridgehead atoms. The van der Waals surface area contributed by atoms with E-state index in [1.165, 1.54) is 0 Å². The summed E-state index contributed by atoms with van der Waals surface area (Å²) in [6.45, 7) is 8.82. The highest BCUT2D eigenvalue weighted by molar-refractivity contribution is 4.82. The average molecular weight is 173 g/mol. The minimum absolute atomic E-state index is 0.142. The van der Waals surface area contributed by atoms with E-state index in [-0.39, 0.29) is 11.5 Å². The van der Waals surface area contributed by atoms with E-state index in [0.717, 1.165) is 12.8 Å². The smallest absolute Gasteiger partial charge is 0.0631 e. The molecule has 0 spiro atoms. The SMILES string of the molecule is CCC(CC)C(O)C(C)(C)CN. The van der Waals surface area contributed by atoms with E-state index in [4.69, 9.17) is 5.73 Å². The molecule has 0 fully saturated rings. The van der Waals surface area contributed by atoms with E-state index in [1.54, 1.807) is 0 Å². The molecular formula is C10H23NO. The molecule has 0 aliphatic rings. The Bertz CT molecular complexity index is 119. The number of rotatable bonds is 5. The van der Waals surface area contributed by atoms with Crippen LogP contribution in [0.1, 0.15) is 40.5 Å². The van der Waals surface area contributed by atoms with Crippen LogP contribution in [0.4, 0.5) is 0 Å². The van der Waals surface area contributed by atoms with Crippen molar-refractivity contribution in [3.63, 3.8) is 0 Å². The standard InChI is InChI=1S/C10H23NO/c1-5-8(6-2)9(12)10(3,4)7-11/h8-9,12H,5-7,11H2,1-4H3. The highest BCUT2D eigenvalue weighted by Gasteiger charge is 2.30. The minimum atomic E-state index is -0.266. The zero-order chi connectivity index (χ0) is 9.78. The summed E-state index contributed by atoms with van der Waals surface area (Å²) in [7, 11) is 0. The molecule has 0 saturated carbocycles. The van der Waals surface area contributed by atoms with Crippen LogP contribution in [-0.4, -0.2) is 17.8 Å². The summed E-state index contributed by atoms with van der Waals surface area (Å²) in [6, 6.07) is 0. The molecule has 1 unspecified atom stereocenters. The van der Waals surface area contributed by atoms with Crippen LogP contribution in [0, 0.1) is 11.3 Å². The molecule has 0 aromatic rings. The molecule has 3 N–H and O–H groups in total. The first-order valence-electron chi connectivity index (χ1n) is 4.87. The quantitative estimate of drug-likeness (QED) is 0.665. The van der Waals surface area contributed by atoms with Gasteiger partial charge >= 0.3 is 0 Å². The molecule has 0 aliphatic carbocycles. The van der Waals surface area contributed by atoms with Crippen LogP contribution in [-0.2, 0) is 0 Å². The molecule has 0 amide bonds. The maximum Gasteiger partial charge on any atom is 0.0631 e. The van der Waals surface area contributed by atoms with Gasteiger partial charge in [0.15, 0.2) is 0 Å². The van der Waals surface area contributed by atoms with Gasteiger partial charge in [0.25, 0.3) is 0 Å². The first-order valence-corrected chi connectivity index (χ1v) is 4.87. The fourth-order valence-corrected chi connectivity index (χ4v) is 1.49. The summed E-state index contributed by atoms with van der Waals surface area (Å²) < 4.78 is 0. The van der Waals surface area contributed by atoms with E-state index in [0.29, 0.717) is 12.5 Å². The minimum Gasteiger partial charge on any atom is -0.392 e. The topological polar surface area (TPSA) is 46.2 Å². The third kappa shape index (κ3) is 2.76. The zero-order valence-corrected chi connectivity index (χ0v) is 8.80. The summed E-state index contributed by atoms with van der Waals surface area (Å²) in [4.78, 5) is 0. The van der Waals surface area contributed by atoms with Gasteiger partial charge in [-0.05, 0) is 12.5 Å². The second-order valence-corrected chi connectivity index (χ2v) is 4.21. The molecule has 2 heteroatoms. The van der Waals surface area contributed by atoms with Crippen molar-refractivity contribution in [3.05, 3.63) is 0 Å². The Morgan fingerprint density at radius 3 is 1.92 bits per heavy atom.